The number of carbonyl (C=O) groups is 2. The number of terminal acetylenes is 1. The van der Waals surface area contributed by atoms with Gasteiger partial charge < -0.3 is 30.7 Å². The number of amides is 3. The van der Waals surface area contributed by atoms with Gasteiger partial charge in [-0.15, -0.1) is 6.42 Å². The van der Waals surface area contributed by atoms with Crippen molar-refractivity contribution in [2.24, 2.45) is 0 Å². The molecule has 3 aromatic rings. The summed E-state index contributed by atoms with van der Waals surface area (Å²) in [6.45, 7) is 1.88. The minimum atomic E-state index is -0.577. The lowest BCUT2D eigenvalue weighted by atomic mass is 9.90. The number of aromatic nitrogens is 2. The van der Waals surface area contributed by atoms with E-state index in [-0.39, 0.29) is 45.4 Å². The predicted molar refractivity (Wildman–Crippen MR) is 166 cm³/mol. The van der Waals surface area contributed by atoms with Crippen molar-refractivity contribution in [1.82, 2.24) is 15.3 Å². The van der Waals surface area contributed by atoms with Gasteiger partial charge in [0.1, 0.15) is 39.5 Å². The fourth-order valence-electron chi connectivity index (χ4n) is 4.50. The number of nitrogens with zero attached hydrogens (tertiary/aromatic N) is 3. The van der Waals surface area contributed by atoms with Crippen LogP contribution in [0.2, 0.25) is 10.0 Å². The summed E-state index contributed by atoms with van der Waals surface area (Å²) in [4.78, 5) is 35.4. The topological polar surface area (TPSA) is 130 Å². The molecule has 1 aromatic heterocycles. The number of carbonyl (C=O) groups excluding carboxylic acids is 2. The third kappa shape index (κ3) is 7.15. The first kappa shape index (κ1) is 30.7. The number of anilines is 5. The molecular weight excluding hydrogens is 581 g/mol. The highest BCUT2D eigenvalue weighted by Gasteiger charge is 2.22. The lowest BCUT2D eigenvalue weighted by Gasteiger charge is -2.24. The maximum Gasteiger partial charge on any atom is 0.327 e. The minimum absolute atomic E-state index is 0.0538. The number of hydrogen-bond donors (Lipinski definition) is 4. The molecule has 0 radical (unpaired) electrons. The van der Waals surface area contributed by atoms with Gasteiger partial charge in [0.2, 0.25) is 5.91 Å². The van der Waals surface area contributed by atoms with Gasteiger partial charge in [0.15, 0.2) is 0 Å². The maximum atomic E-state index is 13.2. The van der Waals surface area contributed by atoms with E-state index in [0.29, 0.717) is 23.1 Å². The summed E-state index contributed by atoms with van der Waals surface area (Å²) in [5, 5.41) is 12.4. The molecular formula is C29H31Cl2N7O4. The molecule has 11 nitrogen and oxygen atoms in total. The van der Waals surface area contributed by atoms with Crippen LogP contribution in [0.3, 0.4) is 0 Å². The van der Waals surface area contributed by atoms with Gasteiger partial charge in [0.25, 0.3) is 0 Å². The SMILES string of the molecule is C#CCC(=O)Nc1cc(C2CCNCC2)ccc1Nc1cc(N(C)C(=O)Nc2c(Cl)c(OC)cc(OC)c2Cl)ncn1. The number of benzene rings is 2. The molecule has 4 rings (SSSR count). The molecule has 2 aromatic carbocycles. The summed E-state index contributed by atoms with van der Waals surface area (Å²) >= 11 is 12.8. The Morgan fingerprint density at radius 1 is 1.05 bits per heavy atom. The molecule has 1 fully saturated rings. The van der Waals surface area contributed by atoms with Crippen LogP contribution in [-0.2, 0) is 4.79 Å². The van der Waals surface area contributed by atoms with Gasteiger partial charge in [0, 0.05) is 19.2 Å². The van der Waals surface area contributed by atoms with Crippen molar-refractivity contribution < 1.29 is 19.1 Å². The molecule has 4 N–H and O–H groups in total. The van der Waals surface area contributed by atoms with E-state index in [0.717, 1.165) is 31.5 Å². The van der Waals surface area contributed by atoms with Crippen LogP contribution in [0.1, 0.15) is 30.7 Å². The molecule has 42 heavy (non-hydrogen) atoms. The summed E-state index contributed by atoms with van der Waals surface area (Å²) in [5.74, 6) is 3.67. The first-order valence-electron chi connectivity index (χ1n) is 13.1. The Labute approximate surface area is 254 Å². The Kier molecular flexibility index (Phi) is 10.3. The number of urea groups is 1. The molecule has 0 saturated carbocycles. The Balaban J connectivity index is 1.57. The molecule has 13 heteroatoms. The van der Waals surface area contributed by atoms with Gasteiger partial charge in [-0.25, -0.2) is 14.8 Å². The van der Waals surface area contributed by atoms with E-state index in [9.17, 15) is 9.59 Å². The van der Waals surface area contributed by atoms with Gasteiger partial charge in [0.05, 0.1) is 37.7 Å². The van der Waals surface area contributed by atoms with Crippen molar-refractivity contribution in [3.63, 3.8) is 0 Å². The Bertz CT molecular complexity index is 1480. The molecule has 1 saturated heterocycles. The molecule has 3 amide bonds. The van der Waals surface area contributed by atoms with E-state index >= 15 is 0 Å². The van der Waals surface area contributed by atoms with Crippen LogP contribution in [0.4, 0.5) is 33.5 Å². The molecule has 0 aliphatic carbocycles. The molecule has 0 unspecified atom stereocenters. The normalized spacial score (nSPS) is 13.0. The highest BCUT2D eigenvalue weighted by Crippen LogP contribution is 2.44. The molecule has 0 spiro atoms. The zero-order valence-corrected chi connectivity index (χ0v) is 24.9. The maximum absolute atomic E-state index is 13.2. The lowest BCUT2D eigenvalue weighted by Crippen LogP contribution is -2.32. The van der Waals surface area contributed by atoms with Crippen molar-refractivity contribution in [2.45, 2.75) is 25.2 Å². The Hall–Kier alpha value is -4.24. The summed E-state index contributed by atoms with van der Waals surface area (Å²) in [6, 6.07) is 8.42. The summed E-state index contributed by atoms with van der Waals surface area (Å²) < 4.78 is 10.5. The largest absolute Gasteiger partial charge is 0.495 e. The van der Waals surface area contributed by atoms with Gasteiger partial charge in [-0.2, -0.15) is 0 Å². The number of nitrogens with one attached hydrogen (secondary N) is 4. The zero-order chi connectivity index (χ0) is 30.2. The van der Waals surface area contributed by atoms with E-state index in [1.54, 1.807) is 6.07 Å². The second-order valence-corrected chi connectivity index (χ2v) is 10.2. The number of methoxy groups -OCH3 is 2. The van der Waals surface area contributed by atoms with Gasteiger partial charge in [-0.3, -0.25) is 9.69 Å². The standard InChI is InChI=1S/C29H31Cl2N7O4/c1-5-6-25(39)36-20-13-18(17-9-11-32-12-10-17)7-8-19(20)35-23-15-24(34-16-33-23)38(2)29(40)37-28-26(30)21(41-3)14-22(42-4)27(28)31/h1,7-8,13-17,32H,6,9-12H2,2-4H3,(H,36,39)(H,37,40)(H,33,34,35). The fourth-order valence-corrected chi connectivity index (χ4v) is 5.09. The average molecular weight is 613 g/mol. The Morgan fingerprint density at radius 3 is 2.38 bits per heavy atom. The molecule has 0 bridgehead atoms. The van der Waals surface area contributed by atoms with E-state index in [2.05, 4.69) is 37.2 Å². The molecule has 2 heterocycles. The van der Waals surface area contributed by atoms with Gasteiger partial charge in [-0.05, 0) is 49.5 Å². The van der Waals surface area contributed by atoms with Crippen molar-refractivity contribution >= 4 is 63.8 Å². The van der Waals surface area contributed by atoms with Crippen molar-refractivity contribution in [3.8, 4) is 23.8 Å². The third-order valence-electron chi connectivity index (χ3n) is 6.76. The van der Waals surface area contributed by atoms with Crippen molar-refractivity contribution in [2.75, 3.05) is 55.2 Å². The van der Waals surface area contributed by atoms with Crippen LogP contribution < -0.4 is 35.6 Å². The number of ether oxygens (including phenoxy) is 2. The van der Waals surface area contributed by atoms with Gasteiger partial charge >= 0.3 is 6.03 Å². The zero-order valence-electron chi connectivity index (χ0n) is 23.4. The lowest BCUT2D eigenvalue weighted by molar-refractivity contribution is -0.115. The van der Waals surface area contributed by atoms with E-state index in [4.69, 9.17) is 39.1 Å². The number of hydrogen-bond acceptors (Lipinski definition) is 8. The average Bonchev–Trinajstić information content (AvgIpc) is 3.00. The summed E-state index contributed by atoms with van der Waals surface area (Å²) in [5.41, 5.74) is 2.44. The van der Waals surface area contributed by atoms with E-state index in [1.807, 2.05) is 18.2 Å². The monoisotopic (exact) mass is 611 g/mol. The summed E-state index contributed by atoms with van der Waals surface area (Å²) in [7, 11) is 4.41. The minimum Gasteiger partial charge on any atom is -0.495 e. The number of rotatable bonds is 9. The van der Waals surface area contributed by atoms with Crippen LogP contribution in [0.15, 0.2) is 36.7 Å². The predicted octanol–water partition coefficient (Wildman–Crippen LogP) is 5.64. The number of piperidine rings is 1. The van der Waals surface area contributed by atoms with Crippen LogP contribution in [0, 0.1) is 12.3 Å². The number of halogens is 2. The quantitative estimate of drug-likeness (QED) is 0.229. The Morgan fingerprint density at radius 2 is 1.74 bits per heavy atom. The first-order valence-corrected chi connectivity index (χ1v) is 13.8. The third-order valence-corrected chi connectivity index (χ3v) is 7.51. The van der Waals surface area contributed by atoms with Crippen molar-refractivity contribution in [3.05, 3.63) is 52.3 Å². The summed E-state index contributed by atoms with van der Waals surface area (Å²) in [6.07, 6.45) is 8.62. The fraction of sp³-hybridized carbons (Fsp3) is 0.310. The second-order valence-electron chi connectivity index (χ2n) is 9.42. The smallest absolute Gasteiger partial charge is 0.327 e. The van der Waals surface area contributed by atoms with Gasteiger partial charge in [-0.1, -0.05) is 35.2 Å². The highest BCUT2D eigenvalue weighted by molar-refractivity contribution is 6.41. The van der Waals surface area contributed by atoms with Crippen molar-refractivity contribution in [1.29, 1.82) is 0 Å². The molecule has 0 atom stereocenters. The molecule has 220 valence electrons. The van der Waals surface area contributed by atoms with Crippen LogP contribution >= 0.6 is 23.2 Å². The second kappa shape index (κ2) is 14.1. The first-order chi connectivity index (χ1) is 20.2. The van der Waals surface area contributed by atoms with Crippen LogP contribution in [0.5, 0.6) is 11.5 Å². The molecule has 1 aliphatic rings. The highest BCUT2D eigenvalue weighted by atomic mass is 35.5. The molecule has 1 aliphatic heterocycles. The van der Waals surface area contributed by atoms with E-state index < -0.39 is 6.03 Å². The van der Waals surface area contributed by atoms with Crippen LogP contribution in [-0.4, -0.2) is 56.3 Å². The van der Waals surface area contributed by atoms with Crippen LogP contribution in [0.25, 0.3) is 0 Å². The van der Waals surface area contributed by atoms with E-state index in [1.165, 1.54) is 38.6 Å².